The summed E-state index contributed by atoms with van der Waals surface area (Å²) in [6.45, 7) is 4.78. The maximum Gasteiger partial charge on any atom is 0.461 e. The lowest BCUT2D eigenvalue weighted by molar-refractivity contribution is -0.253. The van der Waals surface area contributed by atoms with Gasteiger partial charge in [0.05, 0.1) is 6.10 Å². The van der Waals surface area contributed by atoms with Crippen LogP contribution in [0.15, 0.2) is 72.8 Å². The number of hydrogen-bond donors (Lipinski definition) is 1. The molecule has 0 heterocycles. The van der Waals surface area contributed by atoms with E-state index in [0.29, 0.717) is 29.5 Å². The molecule has 198 valence electrons. The fourth-order valence-corrected chi connectivity index (χ4v) is 4.06. The number of aliphatic hydroxyl groups excluding tert-OH is 1. The van der Waals surface area contributed by atoms with E-state index in [2.05, 4.69) is 18.6 Å². The summed E-state index contributed by atoms with van der Waals surface area (Å²) in [5.41, 5.74) is 2.49. The van der Waals surface area contributed by atoms with Gasteiger partial charge in [0.15, 0.2) is 0 Å². The number of rotatable bonds is 12. The van der Waals surface area contributed by atoms with Gasteiger partial charge in [-0.05, 0) is 72.2 Å². The molecule has 1 atom stereocenters. The van der Waals surface area contributed by atoms with E-state index in [-0.39, 0.29) is 18.2 Å². The summed E-state index contributed by atoms with van der Waals surface area (Å²) < 4.78 is 62.4. The van der Waals surface area contributed by atoms with E-state index in [1.165, 1.54) is 18.2 Å². The van der Waals surface area contributed by atoms with Gasteiger partial charge < -0.3 is 19.5 Å². The maximum atomic E-state index is 13.4. The number of halogens is 4. The Morgan fingerprint density at radius 1 is 0.919 bits per heavy atom. The first-order chi connectivity index (χ1) is 17.6. The van der Waals surface area contributed by atoms with Gasteiger partial charge in [0.2, 0.25) is 0 Å². The number of hydrogen-bond acceptors (Lipinski definition) is 4. The molecule has 4 rings (SSSR count). The molecule has 0 saturated heterocycles. The molecule has 1 aliphatic carbocycles. The van der Waals surface area contributed by atoms with Gasteiger partial charge >= 0.3 is 12.5 Å². The number of alkyl halides is 4. The van der Waals surface area contributed by atoms with Crippen LogP contribution in [0.2, 0.25) is 0 Å². The smallest absolute Gasteiger partial charge is 0.457 e. The van der Waals surface area contributed by atoms with Crippen molar-refractivity contribution >= 4 is 5.69 Å². The lowest BCUT2D eigenvalue weighted by Crippen LogP contribution is -2.34. The van der Waals surface area contributed by atoms with Gasteiger partial charge in [-0.1, -0.05) is 44.2 Å². The molecule has 0 aliphatic heterocycles. The van der Waals surface area contributed by atoms with Crippen LogP contribution in [-0.4, -0.2) is 30.3 Å². The summed E-state index contributed by atoms with van der Waals surface area (Å²) in [5.74, 6) is 1.54. The fraction of sp³-hybridized carbons (Fsp3) is 0.379. The number of nitrogens with zero attached hydrogens (tertiary/aromatic N) is 1. The van der Waals surface area contributed by atoms with Gasteiger partial charge in [-0.25, -0.2) is 0 Å². The molecule has 37 heavy (non-hydrogen) atoms. The highest BCUT2D eigenvalue weighted by Crippen LogP contribution is 2.35. The quantitative estimate of drug-likeness (QED) is 0.251. The Morgan fingerprint density at radius 3 is 2.24 bits per heavy atom. The normalized spacial score (nSPS) is 14.6. The van der Waals surface area contributed by atoms with Crippen molar-refractivity contribution in [1.82, 2.24) is 0 Å². The zero-order valence-electron chi connectivity index (χ0n) is 20.8. The Hall–Kier alpha value is -3.26. The summed E-state index contributed by atoms with van der Waals surface area (Å²) >= 11 is 0. The second-order valence-corrected chi connectivity index (χ2v) is 9.72. The molecule has 0 bridgehead atoms. The lowest BCUT2D eigenvalue weighted by Gasteiger charge is -2.28. The van der Waals surface area contributed by atoms with Crippen molar-refractivity contribution in [3.8, 4) is 17.2 Å². The van der Waals surface area contributed by atoms with Crippen LogP contribution in [0.25, 0.3) is 0 Å². The predicted octanol–water partition coefficient (Wildman–Crippen LogP) is 7.62. The van der Waals surface area contributed by atoms with Crippen LogP contribution < -0.4 is 14.4 Å². The van der Waals surface area contributed by atoms with Crippen LogP contribution in [0, 0.1) is 5.92 Å². The average Bonchev–Trinajstić information content (AvgIpc) is 3.70. The highest BCUT2D eigenvalue weighted by Gasteiger charge is 2.44. The van der Waals surface area contributed by atoms with Gasteiger partial charge in [-0.3, -0.25) is 0 Å². The van der Waals surface area contributed by atoms with Gasteiger partial charge in [0.1, 0.15) is 17.2 Å². The standard InChI is InChI=1S/C29H31F4NO3/c1-19(2)22-7-4-9-24(15-22)36-25-10-5-8-23(16-25)34(18-27(35)21-12-13-21)17-20-6-3-11-26(14-20)37-29(32,33)28(30)31/h3-11,14-16,19,21,27-28,35H,12-13,17-18H2,1-2H3. The minimum absolute atomic E-state index is 0.222. The van der Waals surface area contributed by atoms with E-state index < -0.39 is 18.6 Å². The summed E-state index contributed by atoms with van der Waals surface area (Å²) in [6, 6.07) is 21.0. The van der Waals surface area contributed by atoms with E-state index in [1.54, 1.807) is 6.07 Å². The molecular weight excluding hydrogens is 486 g/mol. The van der Waals surface area contributed by atoms with Gasteiger partial charge in [-0.15, -0.1) is 0 Å². The Morgan fingerprint density at radius 2 is 1.57 bits per heavy atom. The second-order valence-electron chi connectivity index (χ2n) is 9.72. The number of benzene rings is 3. The topological polar surface area (TPSA) is 41.9 Å². The van der Waals surface area contributed by atoms with Crippen LogP contribution >= 0.6 is 0 Å². The van der Waals surface area contributed by atoms with Crippen molar-refractivity contribution in [3.63, 3.8) is 0 Å². The Balaban J connectivity index is 1.56. The van der Waals surface area contributed by atoms with Crippen molar-refractivity contribution in [2.75, 3.05) is 11.4 Å². The fourth-order valence-electron chi connectivity index (χ4n) is 4.06. The van der Waals surface area contributed by atoms with Gasteiger partial charge in [0.25, 0.3) is 0 Å². The van der Waals surface area contributed by atoms with Crippen LogP contribution in [0.3, 0.4) is 0 Å². The maximum absolute atomic E-state index is 13.4. The predicted molar refractivity (Wildman–Crippen MR) is 135 cm³/mol. The van der Waals surface area contributed by atoms with E-state index in [0.717, 1.165) is 24.1 Å². The summed E-state index contributed by atoms with van der Waals surface area (Å²) in [4.78, 5) is 1.92. The van der Waals surface area contributed by atoms with E-state index in [1.807, 2.05) is 53.4 Å². The molecular formula is C29H31F4NO3. The molecule has 0 amide bonds. The molecule has 0 radical (unpaired) electrons. The van der Waals surface area contributed by atoms with Crippen molar-refractivity contribution < 1.29 is 32.1 Å². The Labute approximate surface area is 214 Å². The van der Waals surface area contributed by atoms with Crippen LogP contribution in [0.5, 0.6) is 17.2 Å². The highest BCUT2D eigenvalue weighted by atomic mass is 19.3. The molecule has 1 unspecified atom stereocenters. The first kappa shape index (κ1) is 26.8. The zero-order valence-corrected chi connectivity index (χ0v) is 20.8. The molecule has 1 aliphatic rings. The lowest BCUT2D eigenvalue weighted by atomic mass is 10.0. The first-order valence-corrected chi connectivity index (χ1v) is 12.4. The summed E-state index contributed by atoms with van der Waals surface area (Å²) in [5, 5.41) is 10.7. The SMILES string of the molecule is CC(C)c1cccc(Oc2cccc(N(Cc3cccc(OC(F)(F)C(F)F)c3)CC(O)C3CC3)c2)c1. The third kappa shape index (κ3) is 7.38. The van der Waals surface area contributed by atoms with Crippen LogP contribution in [0.1, 0.15) is 43.7 Å². The van der Waals surface area contributed by atoms with Crippen molar-refractivity contribution in [3.05, 3.63) is 83.9 Å². The molecule has 4 nitrogen and oxygen atoms in total. The Bertz CT molecular complexity index is 1180. The third-order valence-corrected chi connectivity index (χ3v) is 6.30. The third-order valence-electron chi connectivity index (χ3n) is 6.30. The molecule has 1 fully saturated rings. The highest BCUT2D eigenvalue weighted by molar-refractivity contribution is 5.52. The molecule has 0 aromatic heterocycles. The van der Waals surface area contributed by atoms with Gasteiger partial charge in [-0.2, -0.15) is 17.6 Å². The van der Waals surface area contributed by atoms with Crippen LogP contribution in [0.4, 0.5) is 23.2 Å². The molecule has 3 aromatic rings. The number of aliphatic hydroxyl groups is 1. The molecule has 3 aromatic carbocycles. The second kappa shape index (κ2) is 11.4. The molecule has 8 heteroatoms. The van der Waals surface area contributed by atoms with Crippen LogP contribution in [-0.2, 0) is 6.54 Å². The zero-order chi connectivity index (χ0) is 26.6. The molecule has 1 N–H and O–H groups in total. The summed E-state index contributed by atoms with van der Waals surface area (Å²) in [6.07, 6.45) is -7.17. The minimum atomic E-state index is -4.58. The Kier molecular flexibility index (Phi) is 8.27. The number of anilines is 1. The molecule has 1 saturated carbocycles. The van der Waals surface area contributed by atoms with E-state index in [4.69, 9.17) is 4.74 Å². The molecule has 0 spiro atoms. The van der Waals surface area contributed by atoms with E-state index >= 15 is 0 Å². The van der Waals surface area contributed by atoms with Crippen molar-refractivity contribution in [1.29, 1.82) is 0 Å². The van der Waals surface area contributed by atoms with Crippen molar-refractivity contribution in [2.24, 2.45) is 5.92 Å². The average molecular weight is 518 g/mol. The van der Waals surface area contributed by atoms with E-state index in [9.17, 15) is 22.7 Å². The summed E-state index contributed by atoms with van der Waals surface area (Å²) in [7, 11) is 0. The van der Waals surface area contributed by atoms with Crippen molar-refractivity contribution in [2.45, 2.75) is 57.8 Å². The number of ether oxygens (including phenoxy) is 2. The minimum Gasteiger partial charge on any atom is -0.457 e. The van der Waals surface area contributed by atoms with Gasteiger partial charge in [0, 0.05) is 24.8 Å². The first-order valence-electron chi connectivity index (χ1n) is 12.4. The largest absolute Gasteiger partial charge is 0.461 e. The monoisotopic (exact) mass is 517 g/mol.